The van der Waals surface area contributed by atoms with Crippen LogP contribution in [0, 0.1) is 5.82 Å². The average Bonchev–Trinajstić information content (AvgIpc) is 2.63. The van der Waals surface area contributed by atoms with E-state index >= 15 is 0 Å². The molecule has 0 aliphatic rings. The molecule has 1 aromatic heterocycles. The van der Waals surface area contributed by atoms with Gasteiger partial charge in [0, 0.05) is 31.5 Å². The normalized spacial score (nSPS) is 11.1. The second kappa shape index (κ2) is 7.58. The van der Waals surface area contributed by atoms with Gasteiger partial charge in [0.2, 0.25) is 0 Å². The van der Waals surface area contributed by atoms with Gasteiger partial charge in [0.1, 0.15) is 5.82 Å². The fourth-order valence-electron chi connectivity index (χ4n) is 2.28. The number of anilines is 4. The largest absolute Gasteiger partial charge is 0.376 e. The van der Waals surface area contributed by atoms with E-state index in [0.29, 0.717) is 17.2 Å². The Kier molecular flexibility index (Phi) is 5.22. The van der Waals surface area contributed by atoms with E-state index in [1.807, 2.05) is 25.1 Å². The molecule has 0 aliphatic heterocycles. The molecule has 9 heteroatoms. The minimum absolute atomic E-state index is 0.138. The van der Waals surface area contributed by atoms with Crippen molar-refractivity contribution in [2.75, 3.05) is 29.0 Å². The molecule has 0 atom stereocenters. The standard InChI is InChI=1S/C18H18FN5O2S/c1-24(2)16-11-18(22-20-12-16)21-14-6-8-15(9-7-14)23-27(25,26)17-5-3-4-13(19)10-17/h3-12,23H,1-2H3,(H,21,22). The second-order valence-corrected chi connectivity index (χ2v) is 7.64. The molecule has 2 N–H and O–H groups in total. The summed E-state index contributed by atoms with van der Waals surface area (Å²) in [6.07, 6.45) is 1.65. The van der Waals surface area contributed by atoms with Crippen LogP contribution >= 0.6 is 0 Å². The number of aromatic nitrogens is 2. The lowest BCUT2D eigenvalue weighted by Gasteiger charge is -2.13. The summed E-state index contributed by atoms with van der Waals surface area (Å²) in [5.74, 6) is -0.0484. The van der Waals surface area contributed by atoms with Crippen molar-refractivity contribution in [1.29, 1.82) is 0 Å². The third kappa shape index (κ3) is 4.70. The van der Waals surface area contributed by atoms with Crippen molar-refractivity contribution in [2.24, 2.45) is 0 Å². The molecule has 140 valence electrons. The van der Waals surface area contributed by atoms with Gasteiger partial charge in [-0.3, -0.25) is 4.72 Å². The predicted molar refractivity (Wildman–Crippen MR) is 103 cm³/mol. The van der Waals surface area contributed by atoms with Crippen LogP contribution in [0.5, 0.6) is 0 Å². The molecular formula is C18H18FN5O2S. The second-order valence-electron chi connectivity index (χ2n) is 5.96. The Hall–Kier alpha value is -3.20. The van der Waals surface area contributed by atoms with Crippen LogP contribution in [0.2, 0.25) is 0 Å². The number of hydrogen-bond acceptors (Lipinski definition) is 6. The van der Waals surface area contributed by atoms with Gasteiger partial charge in [-0.25, -0.2) is 12.8 Å². The zero-order chi connectivity index (χ0) is 19.4. The van der Waals surface area contributed by atoms with Crippen molar-refractivity contribution in [1.82, 2.24) is 10.2 Å². The monoisotopic (exact) mass is 387 g/mol. The Bertz CT molecular complexity index is 1040. The summed E-state index contributed by atoms with van der Waals surface area (Å²) in [6.45, 7) is 0. The van der Waals surface area contributed by atoms with E-state index in [1.54, 1.807) is 30.5 Å². The van der Waals surface area contributed by atoms with Crippen LogP contribution in [0.3, 0.4) is 0 Å². The average molecular weight is 387 g/mol. The van der Waals surface area contributed by atoms with Gasteiger partial charge in [-0.05, 0) is 42.5 Å². The highest BCUT2D eigenvalue weighted by atomic mass is 32.2. The number of halogens is 1. The Morgan fingerprint density at radius 1 is 1.00 bits per heavy atom. The lowest BCUT2D eigenvalue weighted by Crippen LogP contribution is -2.13. The van der Waals surface area contributed by atoms with Crippen LogP contribution in [-0.4, -0.2) is 32.7 Å². The highest BCUT2D eigenvalue weighted by Gasteiger charge is 2.14. The first-order valence-corrected chi connectivity index (χ1v) is 9.47. The fourth-order valence-corrected chi connectivity index (χ4v) is 3.37. The van der Waals surface area contributed by atoms with Crippen molar-refractivity contribution in [3.63, 3.8) is 0 Å². The van der Waals surface area contributed by atoms with E-state index in [2.05, 4.69) is 20.2 Å². The molecule has 2 aromatic carbocycles. The molecule has 0 amide bonds. The molecule has 0 saturated carbocycles. The van der Waals surface area contributed by atoms with Gasteiger partial charge in [-0.15, -0.1) is 5.10 Å². The van der Waals surface area contributed by atoms with E-state index in [1.165, 1.54) is 18.2 Å². The zero-order valence-electron chi connectivity index (χ0n) is 14.7. The van der Waals surface area contributed by atoms with Crippen LogP contribution in [0.4, 0.5) is 27.3 Å². The minimum atomic E-state index is -3.86. The Labute approximate surface area is 156 Å². The predicted octanol–water partition coefficient (Wildman–Crippen LogP) is 3.23. The molecule has 3 aromatic rings. The number of nitrogens with one attached hydrogen (secondary N) is 2. The Morgan fingerprint density at radius 2 is 1.70 bits per heavy atom. The quantitative estimate of drug-likeness (QED) is 0.675. The van der Waals surface area contributed by atoms with E-state index in [-0.39, 0.29) is 4.90 Å². The topological polar surface area (TPSA) is 87.2 Å². The van der Waals surface area contributed by atoms with Gasteiger partial charge in [-0.2, -0.15) is 5.10 Å². The summed E-state index contributed by atoms with van der Waals surface area (Å²) >= 11 is 0. The summed E-state index contributed by atoms with van der Waals surface area (Å²) < 4.78 is 40.3. The van der Waals surface area contributed by atoms with Gasteiger partial charge < -0.3 is 10.2 Å². The molecule has 7 nitrogen and oxygen atoms in total. The maximum Gasteiger partial charge on any atom is 0.261 e. The molecule has 0 bridgehead atoms. The molecule has 0 fully saturated rings. The molecule has 0 unspecified atom stereocenters. The third-order valence-electron chi connectivity index (χ3n) is 3.67. The lowest BCUT2D eigenvalue weighted by atomic mass is 10.3. The maximum absolute atomic E-state index is 13.3. The van der Waals surface area contributed by atoms with E-state index in [9.17, 15) is 12.8 Å². The molecule has 0 saturated heterocycles. The van der Waals surface area contributed by atoms with Crippen LogP contribution in [-0.2, 0) is 10.0 Å². The van der Waals surface area contributed by atoms with Gasteiger partial charge in [-0.1, -0.05) is 6.07 Å². The number of nitrogens with zero attached hydrogens (tertiary/aromatic N) is 3. The molecular weight excluding hydrogens is 369 g/mol. The summed E-state index contributed by atoms with van der Waals surface area (Å²) in [6, 6.07) is 13.3. The molecule has 0 spiro atoms. The molecule has 0 aliphatic carbocycles. The van der Waals surface area contributed by atoms with E-state index in [4.69, 9.17) is 0 Å². The Balaban J connectivity index is 1.73. The van der Waals surface area contributed by atoms with Crippen molar-refractivity contribution in [2.45, 2.75) is 4.90 Å². The summed E-state index contributed by atoms with van der Waals surface area (Å²) in [7, 11) is -0.0548. The number of benzene rings is 2. The first kappa shape index (κ1) is 18.6. The van der Waals surface area contributed by atoms with Crippen molar-refractivity contribution in [3.8, 4) is 0 Å². The number of sulfonamides is 1. The molecule has 1 heterocycles. The minimum Gasteiger partial charge on any atom is -0.376 e. The highest BCUT2D eigenvalue weighted by Crippen LogP contribution is 2.22. The van der Waals surface area contributed by atoms with E-state index < -0.39 is 15.8 Å². The molecule has 0 radical (unpaired) electrons. The lowest BCUT2D eigenvalue weighted by molar-refractivity contribution is 0.595. The summed E-state index contributed by atoms with van der Waals surface area (Å²) in [5, 5.41) is 11.0. The first-order chi connectivity index (χ1) is 12.8. The van der Waals surface area contributed by atoms with Crippen LogP contribution in [0.1, 0.15) is 0 Å². The number of hydrogen-bond donors (Lipinski definition) is 2. The van der Waals surface area contributed by atoms with Gasteiger partial charge >= 0.3 is 0 Å². The van der Waals surface area contributed by atoms with Crippen molar-refractivity contribution < 1.29 is 12.8 Å². The van der Waals surface area contributed by atoms with Crippen molar-refractivity contribution >= 4 is 32.9 Å². The summed E-state index contributed by atoms with van der Waals surface area (Å²) in [4.78, 5) is 1.77. The van der Waals surface area contributed by atoms with Crippen LogP contribution in [0.25, 0.3) is 0 Å². The van der Waals surface area contributed by atoms with Gasteiger partial charge in [0.05, 0.1) is 16.8 Å². The fraction of sp³-hybridized carbons (Fsp3) is 0.111. The van der Waals surface area contributed by atoms with E-state index in [0.717, 1.165) is 11.8 Å². The molecule has 3 rings (SSSR count). The number of rotatable bonds is 6. The Morgan fingerprint density at radius 3 is 2.37 bits per heavy atom. The van der Waals surface area contributed by atoms with Crippen LogP contribution in [0.15, 0.2) is 65.7 Å². The maximum atomic E-state index is 13.3. The SMILES string of the molecule is CN(C)c1cnnc(Nc2ccc(NS(=O)(=O)c3cccc(F)c3)cc2)c1. The van der Waals surface area contributed by atoms with Gasteiger partial charge in [0.25, 0.3) is 10.0 Å². The zero-order valence-corrected chi connectivity index (χ0v) is 15.5. The molecule has 27 heavy (non-hydrogen) atoms. The third-order valence-corrected chi connectivity index (χ3v) is 5.05. The first-order valence-electron chi connectivity index (χ1n) is 7.99. The highest BCUT2D eigenvalue weighted by molar-refractivity contribution is 7.92. The summed E-state index contributed by atoms with van der Waals surface area (Å²) in [5.41, 5.74) is 1.97. The van der Waals surface area contributed by atoms with Gasteiger partial charge in [0.15, 0.2) is 5.82 Å². The van der Waals surface area contributed by atoms with Crippen LogP contribution < -0.4 is 14.9 Å². The van der Waals surface area contributed by atoms with Crippen molar-refractivity contribution in [3.05, 3.63) is 66.6 Å². The smallest absolute Gasteiger partial charge is 0.261 e.